The van der Waals surface area contributed by atoms with Crippen LogP contribution in [0.2, 0.25) is 0 Å². The van der Waals surface area contributed by atoms with Crippen LogP contribution < -0.4 is 0 Å². The molecule has 29 heavy (non-hydrogen) atoms. The summed E-state index contributed by atoms with van der Waals surface area (Å²) in [7, 11) is -1.33. The largest absolute Gasteiger partial charge is 0.300 e. The lowest BCUT2D eigenvalue weighted by Crippen LogP contribution is -2.37. The fourth-order valence-electron chi connectivity index (χ4n) is 5.20. The van der Waals surface area contributed by atoms with E-state index in [0.29, 0.717) is 6.26 Å². The van der Waals surface area contributed by atoms with Gasteiger partial charge >= 0.3 is 0 Å². The Labute approximate surface area is 174 Å². The predicted octanol–water partition coefficient (Wildman–Crippen LogP) is 4.35. The normalized spacial score (nSPS) is 23.6. The Morgan fingerprint density at radius 1 is 0.862 bits per heavy atom. The third kappa shape index (κ3) is 4.47. The molecule has 0 saturated carbocycles. The van der Waals surface area contributed by atoms with Crippen molar-refractivity contribution in [3.8, 4) is 0 Å². The van der Waals surface area contributed by atoms with Gasteiger partial charge in [-0.3, -0.25) is 9.45 Å². The summed E-state index contributed by atoms with van der Waals surface area (Å²) in [5.41, 5.74) is 9.35. The van der Waals surface area contributed by atoms with Crippen LogP contribution in [0.25, 0.3) is 5.57 Å². The second kappa shape index (κ2) is 8.05. The molecule has 2 aromatic carbocycles. The Kier molecular flexibility index (Phi) is 5.65. The Morgan fingerprint density at radius 3 is 1.72 bits per heavy atom. The number of aryl methyl sites for hydroxylation is 2. The Hall–Kier alpha value is -1.95. The van der Waals surface area contributed by atoms with Crippen molar-refractivity contribution in [2.24, 2.45) is 0 Å². The van der Waals surface area contributed by atoms with E-state index < -0.39 is 10.1 Å². The quantitative estimate of drug-likeness (QED) is 0.655. The van der Waals surface area contributed by atoms with Crippen LogP contribution in [0.3, 0.4) is 0 Å². The van der Waals surface area contributed by atoms with Crippen LogP contribution in [0.5, 0.6) is 0 Å². The summed E-state index contributed by atoms with van der Waals surface area (Å²) in [4.78, 5) is 2.64. The van der Waals surface area contributed by atoms with Crippen molar-refractivity contribution >= 4 is 15.7 Å². The Balaban J connectivity index is 0.000000369. The summed E-state index contributed by atoms with van der Waals surface area (Å²) in [5, 5.41) is 0. The zero-order chi connectivity index (χ0) is 20.6. The van der Waals surface area contributed by atoms with Crippen LogP contribution in [0, 0.1) is 0 Å². The SMILES string of the molecule is CN1[C@@H]2CC[C@H]1CC(=C1c3ccccc3CCc3ccccc31)C2.CS(=O)(=O)O. The lowest BCUT2D eigenvalue weighted by Gasteiger charge is -2.34. The van der Waals surface area contributed by atoms with Gasteiger partial charge in [-0.15, -0.1) is 0 Å². The highest BCUT2D eigenvalue weighted by atomic mass is 32.2. The smallest absolute Gasteiger partial charge is 0.261 e. The number of fused-ring (bicyclic) bond motifs is 4. The molecule has 2 bridgehead atoms. The van der Waals surface area contributed by atoms with Crippen molar-refractivity contribution in [3.05, 3.63) is 76.4 Å². The molecule has 0 unspecified atom stereocenters. The van der Waals surface area contributed by atoms with Crippen LogP contribution >= 0.6 is 0 Å². The minimum atomic E-state index is -3.67. The molecule has 5 heteroatoms. The summed E-state index contributed by atoms with van der Waals surface area (Å²) in [6.45, 7) is 0. The highest BCUT2D eigenvalue weighted by Crippen LogP contribution is 2.44. The van der Waals surface area contributed by atoms with Crippen LogP contribution in [-0.2, 0) is 23.0 Å². The number of benzene rings is 2. The van der Waals surface area contributed by atoms with Gasteiger partial charge in [-0.05, 0) is 73.4 Å². The number of rotatable bonds is 0. The first-order chi connectivity index (χ1) is 13.8. The van der Waals surface area contributed by atoms with Crippen LogP contribution in [0.1, 0.15) is 47.9 Å². The van der Waals surface area contributed by atoms with Crippen molar-refractivity contribution in [3.63, 3.8) is 0 Å². The second-order valence-electron chi connectivity index (χ2n) is 8.48. The van der Waals surface area contributed by atoms with Gasteiger partial charge in [0.15, 0.2) is 0 Å². The fourth-order valence-corrected chi connectivity index (χ4v) is 5.20. The average molecular weight is 412 g/mol. The summed E-state index contributed by atoms with van der Waals surface area (Å²) < 4.78 is 25.9. The molecular formula is C24H29NO3S. The van der Waals surface area contributed by atoms with Gasteiger partial charge in [0.25, 0.3) is 10.1 Å². The van der Waals surface area contributed by atoms with Crippen molar-refractivity contribution in [2.45, 2.75) is 50.6 Å². The molecule has 1 N–H and O–H groups in total. The van der Waals surface area contributed by atoms with E-state index in [2.05, 4.69) is 60.5 Å². The lowest BCUT2D eigenvalue weighted by atomic mass is 9.84. The standard InChI is InChI=1S/C23H25N.CH4O3S/c1-24-19-12-13-20(24)15-18(14-19)23-21-8-4-2-6-16(21)10-11-17-7-3-5-9-22(17)23;1-5(2,3)4/h2-9,19-20H,10-15H2,1H3;1H3,(H,2,3,4)/t19-,20+;. The molecule has 2 heterocycles. The van der Waals surface area contributed by atoms with Gasteiger partial charge < -0.3 is 0 Å². The minimum Gasteiger partial charge on any atom is -0.300 e. The van der Waals surface area contributed by atoms with Gasteiger partial charge in [0.2, 0.25) is 0 Å². The van der Waals surface area contributed by atoms with E-state index >= 15 is 0 Å². The molecule has 5 rings (SSSR count). The first-order valence-electron chi connectivity index (χ1n) is 10.3. The monoisotopic (exact) mass is 411 g/mol. The molecule has 154 valence electrons. The number of hydrogen-bond donors (Lipinski definition) is 1. The van der Waals surface area contributed by atoms with Crippen LogP contribution in [0.4, 0.5) is 0 Å². The summed E-state index contributed by atoms with van der Waals surface area (Å²) in [6, 6.07) is 19.8. The molecule has 1 aliphatic carbocycles. The van der Waals surface area contributed by atoms with Gasteiger partial charge in [0.1, 0.15) is 0 Å². The average Bonchev–Trinajstić information content (AvgIpc) is 2.86. The van der Waals surface area contributed by atoms with Gasteiger partial charge in [0.05, 0.1) is 6.26 Å². The van der Waals surface area contributed by atoms with E-state index in [4.69, 9.17) is 4.55 Å². The maximum Gasteiger partial charge on any atom is 0.261 e. The van der Waals surface area contributed by atoms with Crippen LogP contribution in [-0.4, -0.2) is 43.3 Å². The van der Waals surface area contributed by atoms with E-state index in [-0.39, 0.29) is 0 Å². The third-order valence-corrected chi connectivity index (χ3v) is 6.54. The molecule has 2 aromatic rings. The van der Waals surface area contributed by atoms with Gasteiger partial charge in [-0.1, -0.05) is 54.1 Å². The molecule has 4 nitrogen and oxygen atoms in total. The van der Waals surface area contributed by atoms with Crippen molar-refractivity contribution in [1.29, 1.82) is 0 Å². The fraction of sp³-hybridized carbons (Fsp3) is 0.417. The summed E-state index contributed by atoms with van der Waals surface area (Å²) >= 11 is 0. The molecule has 2 atom stereocenters. The number of nitrogens with zero attached hydrogens (tertiary/aromatic N) is 1. The minimum absolute atomic E-state index is 0.715. The van der Waals surface area contributed by atoms with E-state index in [1.807, 2.05) is 0 Å². The first-order valence-corrected chi connectivity index (χ1v) is 12.2. The first kappa shape index (κ1) is 20.3. The van der Waals surface area contributed by atoms with E-state index in [1.165, 1.54) is 47.9 Å². The zero-order valence-electron chi connectivity index (χ0n) is 17.1. The van der Waals surface area contributed by atoms with Gasteiger partial charge in [-0.2, -0.15) is 8.42 Å². The molecule has 0 radical (unpaired) electrons. The molecule has 0 aromatic heterocycles. The number of piperidine rings is 1. The van der Waals surface area contributed by atoms with E-state index in [0.717, 1.165) is 24.9 Å². The maximum absolute atomic E-state index is 9.19. The van der Waals surface area contributed by atoms with E-state index in [1.54, 1.807) is 11.1 Å². The molecular weight excluding hydrogens is 382 g/mol. The van der Waals surface area contributed by atoms with Crippen molar-refractivity contribution < 1.29 is 13.0 Å². The topological polar surface area (TPSA) is 57.6 Å². The van der Waals surface area contributed by atoms with Crippen LogP contribution in [0.15, 0.2) is 54.1 Å². The molecule has 0 amide bonds. The summed E-state index contributed by atoms with van der Waals surface area (Å²) in [6.07, 6.45) is 8.30. The predicted molar refractivity (Wildman–Crippen MR) is 118 cm³/mol. The van der Waals surface area contributed by atoms with Gasteiger partial charge in [0, 0.05) is 12.1 Å². The zero-order valence-corrected chi connectivity index (χ0v) is 18.0. The second-order valence-corrected chi connectivity index (χ2v) is 9.95. The van der Waals surface area contributed by atoms with E-state index in [9.17, 15) is 8.42 Å². The Morgan fingerprint density at radius 2 is 1.28 bits per heavy atom. The lowest BCUT2D eigenvalue weighted by molar-refractivity contribution is 0.210. The molecule has 2 fully saturated rings. The maximum atomic E-state index is 9.19. The summed E-state index contributed by atoms with van der Waals surface area (Å²) in [5.74, 6) is 0. The highest BCUT2D eigenvalue weighted by Gasteiger charge is 2.37. The molecule has 0 spiro atoms. The molecule has 2 saturated heterocycles. The highest BCUT2D eigenvalue weighted by molar-refractivity contribution is 7.85. The molecule has 3 aliphatic rings. The van der Waals surface area contributed by atoms with Crippen molar-refractivity contribution in [2.75, 3.05) is 13.3 Å². The number of hydrogen-bond acceptors (Lipinski definition) is 3. The van der Waals surface area contributed by atoms with Gasteiger partial charge in [-0.25, -0.2) is 0 Å². The third-order valence-electron chi connectivity index (χ3n) is 6.54. The molecule has 2 aliphatic heterocycles. The van der Waals surface area contributed by atoms with Crippen molar-refractivity contribution in [1.82, 2.24) is 4.90 Å². The Bertz CT molecular complexity index is 968.